The maximum atomic E-state index is 13.5. The Morgan fingerprint density at radius 3 is 2.61 bits per heavy atom. The lowest BCUT2D eigenvalue weighted by Crippen LogP contribution is -2.34. The smallest absolute Gasteiger partial charge is 0.290 e. The van der Waals surface area contributed by atoms with Crippen LogP contribution in [-0.2, 0) is 9.53 Å². The molecule has 0 radical (unpaired) electrons. The van der Waals surface area contributed by atoms with Gasteiger partial charge in [0.1, 0.15) is 5.58 Å². The van der Waals surface area contributed by atoms with Gasteiger partial charge in [-0.2, -0.15) is 0 Å². The standard InChI is InChI=1S/C25H25NO7/c1-4-32-18-10-9-16(14-19(18)31-3)22-21(24(28)25(29)26(22)11-12-30-2)23(27)20-13-15-7-5-6-8-17(15)33-20/h5-10,13-14,22,28H,4,11-12H2,1-3H3. The number of nitrogens with zero attached hydrogens (tertiary/aromatic N) is 1. The van der Waals surface area contributed by atoms with E-state index in [2.05, 4.69) is 0 Å². The fraction of sp³-hybridized carbons (Fsp3) is 0.280. The highest BCUT2D eigenvalue weighted by Crippen LogP contribution is 2.42. The van der Waals surface area contributed by atoms with E-state index in [1.807, 2.05) is 19.1 Å². The molecule has 1 aliphatic rings. The molecule has 2 aromatic carbocycles. The maximum Gasteiger partial charge on any atom is 0.290 e. The van der Waals surface area contributed by atoms with E-state index in [-0.39, 0.29) is 24.5 Å². The quantitative estimate of drug-likeness (QED) is 0.490. The number of hydrogen-bond acceptors (Lipinski definition) is 7. The Kier molecular flexibility index (Phi) is 6.37. The van der Waals surface area contributed by atoms with E-state index in [9.17, 15) is 14.7 Å². The van der Waals surface area contributed by atoms with Crippen LogP contribution < -0.4 is 9.47 Å². The van der Waals surface area contributed by atoms with E-state index >= 15 is 0 Å². The summed E-state index contributed by atoms with van der Waals surface area (Å²) in [6.07, 6.45) is 0. The lowest BCUT2D eigenvalue weighted by Gasteiger charge is -2.27. The lowest BCUT2D eigenvalue weighted by molar-refractivity contribution is -0.130. The molecule has 0 saturated carbocycles. The topological polar surface area (TPSA) is 98.4 Å². The van der Waals surface area contributed by atoms with Gasteiger partial charge < -0.3 is 28.6 Å². The Hall–Kier alpha value is -3.78. The summed E-state index contributed by atoms with van der Waals surface area (Å²) in [6, 6.07) is 13.1. The first-order valence-corrected chi connectivity index (χ1v) is 10.6. The van der Waals surface area contributed by atoms with Crippen LogP contribution in [0, 0.1) is 0 Å². The average molecular weight is 451 g/mol. The fourth-order valence-electron chi connectivity index (χ4n) is 4.01. The van der Waals surface area contributed by atoms with Crippen molar-refractivity contribution in [3.05, 3.63) is 71.2 Å². The first-order chi connectivity index (χ1) is 16.0. The second-order valence-electron chi connectivity index (χ2n) is 7.48. The lowest BCUT2D eigenvalue weighted by atomic mass is 9.94. The molecule has 4 rings (SSSR count). The van der Waals surface area contributed by atoms with Crippen LogP contribution in [0.3, 0.4) is 0 Å². The number of amides is 1. The number of aliphatic hydroxyl groups is 1. The average Bonchev–Trinajstić information content (AvgIpc) is 3.37. The molecule has 0 saturated heterocycles. The summed E-state index contributed by atoms with van der Waals surface area (Å²) >= 11 is 0. The van der Waals surface area contributed by atoms with E-state index in [1.54, 1.807) is 36.4 Å². The third kappa shape index (κ3) is 4.05. The molecule has 3 aromatic rings. The van der Waals surface area contributed by atoms with Gasteiger partial charge in [-0.1, -0.05) is 24.3 Å². The van der Waals surface area contributed by atoms with Crippen LogP contribution in [0.4, 0.5) is 0 Å². The third-order valence-electron chi connectivity index (χ3n) is 5.54. The highest BCUT2D eigenvalue weighted by molar-refractivity contribution is 6.16. The van der Waals surface area contributed by atoms with Crippen molar-refractivity contribution in [1.82, 2.24) is 4.90 Å². The van der Waals surface area contributed by atoms with Gasteiger partial charge in [0.05, 0.1) is 31.9 Å². The number of methoxy groups -OCH3 is 2. The van der Waals surface area contributed by atoms with Crippen molar-refractivity contribution in [3.63, 3.8) is 0 Å². The number of rotatable bonds is 9. The SMILES string of the molecule is CCOc1ccc(C2C(C(=O)c3cc4ccccc4o3)=C(O)C(=O)N2CCOC)cc1OC. The number of fused-ring (bicyclic) bond motifs is 1. The number of carbonyl (C=O) groups excluding carboxylic acids is 2. The largest absolute Gasteiger partial charge is 0.503 e. The maximum absolute atomic E-state index is 13.5. The molecule has 33 heavy (non-hydrogen) atoms. The summed E-state index contributed by atoms with van der Waals surface area (Å²) in [5.41, 5.74) is 1.07. The summed E-state index contributed by atoms with van der Waals surface area (Å²) in [7, 11) is 3.03. The van der Waals surface area contributed by atoms with Gasteiger partial charge in [-0.05, 0) is 36.8 Å². The van der Waals surface area contributed by atoms with Crippen LogP contribution in [0.2, 0.25) is 0 Å². The molecule has 1 aliphatic heterocycles. The van der Waals surface area contributed by atoms with Gasteiger partial charge in [0.2, 0.25) is 5.78 Å². The molecule has 1 atom stereocenters. The summed E-state index contributed by atoms with van der Waals surface area (Å²) in [6.45, 7) is 2.72. The Balaban J connectivity index is 1.81. The first kappa shape index (κ1) is 22.4. The van der Waals surface area contributed by atoms with E-state index in [0.29, 0.717) is 29.3 Å². The summed E-state index contributed by atoms with van der Waals surface area (Å²) < 4.78 is 21.9. The van der Waals surface area contributed by atoms with Gasteiger partial charge in [0.15, 0.2) is 23.0 Å². The predicted molar refractivity (Wildman–Crippen MR) is 121 cm³/mol. The molecule has 0 fully saturated rings. The molecular weight excluding hydrogens is 426 g/mol. The number of ether oxygens (including phenoxy) is 3. The predicted octanol–water partition coefficient (Wildman–Crippen LogP) is 4.06. The minimum Gasteiger partial charge on any atom is -0.503 e. The normalized spacial score (nSPS) is 16.0. The number of carbonyl (C=O) groups is 2. The minimum atomic E-state index is -0.849. The summed E-state index contributed by atoms with van der Waals surface area (Å²) in [5, 5.41) is 11.5. The Bertz CT molecular complexity index is 1190. The number of Topliss-reactive ketones (excluding diaryl/α,β-unsaturated/α-hetero) is 1. The van der Waals surface area contributed by atoms with Crippen LogP contribution in [0.25, 0.3) is 11.0 Å². The van der Waals surface area contributed by atoms with E-state index < -0.39 is 23.5 Å². The van der Waals surface area contributed by atoms with Gasteiger partial charge in [0, 0.05) is 19.0 Å². The van der Waals surface area contributed by atoms with Gasteiger partial charge in [0.25, 0.3) is 5.91 Å². The summed E-state index contributed by atoms with van der Waals surface area (Å²) in [5.74, 6) is -0.777. The number of benzene rings is 2. The highest BCUT2D eigenvalue weighted by atomic mass is 16.5. The number of furan rings is 1. The number of para-hydroxylation sites is 1. The van der Waals surface area contributed by atoms with Gasteiger partial charge in [-0.25, -0.2) is 0 Å². The molecule has 2 heterocycles. The summed E-state index contributed by atoms with van der Waals surface area (Å²) in [4.78, 5) is 27.9. The van der Waals surface area contributed by atoms with Crippen LogP contribution >= 0.6 is 0 Å². The van der Waals surface area contributed by atoms with Crippen LogP contribution in [-0.4, -0.2) is 55.7 Å². The molecular formula is C25H25NO7. The Morgan fingerprint density at radius 2 is 1.91 bits per heavy atom. The zero-order chi connectivity index (χ0) is 23.5. The van der Waals surface area contributed by atoms with Crippen LogP contribution in [0.15, 0.2) is 64.3 Å². The van der Waals surface area contributed by atoms with Crippen molar-refractivity contribution in [2.24, 2.45) is 0 Å². The van der Waals surface area contributed by atoms with E-state index in [4.69, 9.17) is 18.6 Å². The second-order valence-corrected chi connectivity index (χ2v) is 7.48. The molecule has 172 valence electrons. The van der Waals surface area contributed by atoms with Crippen molar-refractivity contribution < 1.29 is 33.3 Å². The number of ketones is 1. The molecule has 0 aliphatic carbocycles. The zero-order valence-electron chi connectivity index (χ0n) is 18.7. The van der Waals surface area contributed by atoms with Gasteiger partial charge in [-0.15, -0.1) is 0 Å². The van der Waals surface area contributed by atoms with Crippen molar-refractivity contribution >= 4 is 22.7 Å². The van der Waals surface area contributed by atoms with Gasteiger partial charge >= 0.3 is 0 Å². The highest BCUT2D eigenvalue weighted by Gasteiger charge is 2.44. The van der Waals surface area contributed by atoms with E-state index in [1.165, 1.54) is 19.1 Å². The van der Waals surface area contributed by atoms with Crippen molar-refractivity contribution in [1.29, 1.82) is 0 Å². The second kappa shape index (κ2) is 9.38. The zero-order valence-corrected chi connectivity index (χ0v) is 18.7. The van der Waals surface area contributed by atoms with Crippen LogP contribution in [0.5, 0.6) is 11.5 Å². The monoisotopic (exact) mass is 451 g/mol. The molecule has 8 heteroatoms. The molecule has 1 N–H and O–H groups in total. The van der Waals surface area contributed by atoms with Crippen LogP contribution in [0.1, 0.15) is 29.1 Å². The molecule has 1 aromatic heterocycles. The molecule has 0 bridgehead atoms. The van der Waals surface area contributed by atoms with Crippen molar-refractivity contribution in [2.75, 3.05) is 34.0 Å². The van der Waals surface area contributed by atoms with Crippen molar-refractivity contribution in [3.8, 4) is 11.5 Å². The number of aliphatic hydroxyl groups excluding tert-OH is 1. The first-order valence-electron chi connectivity index (χ1n) is 10.6. The van der Waals surface area contributed by atoms with Gasteiger partial charge in [-0.3, -0.25) is 9.59 Å². The van der Waals surface area contributed by atoms with Crippen molar-refractivity contribution in [2.45, 2.75) is 13.0 Å². The molecule has 0 spiro atoms. The Morgan fingerprint density at radius 1 is 1.12 bits per heavy atom. The third-order valence-corrected chi connectivity index (χ3v) is 5.54. The fourth-order valence-corrected chi connectivity index (χ4v) is 4.01. The molecule has 1 unspecified atom stereocenters. The Labute approximate surface area is 191 Å². The molecule has 8 nitrogen and oxygen atoms in total. The minimum absolute atomic E-state index is 0.0436. The van der Waals surface area contributed by atoms with E-state index in [0.717, 1.165) is 5.39 Å². The number of hydrogen-bond donors (Lipinski definition) is 1. The molecule has 1 amide bonds.